The second-order valence-electron chi connectivity index (χ2n) is 4.31. The second kappa shape index (κ2) is 5.37. The maximum Gasteiger partial charge on any atom is 0.0595 e. The molecular weight excluding hydrogens is 243 g/mol. The van der Waals surface area contributed by atoms with Gasteiger partial charge in [0.2, 0.25) is 0 Å². The van der Waals surface area contributed by atoms with Crippen molar-refractivity contribution in [2.75, 3.05) is 13.1 Å². The van der Waals surface area contributed by atoms with Crippen molar-refractivity contribution in [3.05, 3.63) is 33.8 Å². The van der Waals surface area contributed by atoms with Crippen molar-refractivity contribution in [3.8, 4) is 0 Å². The van der Waals surface area contributed by atoms with Gasteiger partial charge in [-0.2, -0.15) is 0 Å². The first-order valence-corrected chi connectivity index (χ1v) is 6.34. The fourth-order valence-corrected chi connectivity index (χ4v) is 2.00. The lowest BCUT2D eigenvalue weighted by molar-refractivity contribution is 0.522. The van der Waals surface area contributed by atoms with Crippen molar-refractivity contribution in [1.29, 1.82) is 0 Å². The first kappa shape index (κ1) is 12.2. The van der Waals surface area contributed by atoms with Crippen LogP contribution in [0.25, 0.3) is 0 Å². The number of nitrogens with one attached hydrogen (secondary N) is 1. The van der Waals surface area contributed by atoms with E-state index in [-0.39, 0.29) is 6.04 Å². The lowest BCUT2D eigenvalue weighted by Crippen LogP contribution is -2.29. The Morgan fingerprint density at radius 3 is 2.62 bits per heavy atom. The Labute approximate surface area is 106 Å². The Bertz CT molecular complexity index is 364. The van der Waals surface area contributed by atoms with Gasteiger partial charge in [-0.3, -0.25) is 0 Å². The molecule has 2 rings (SSSR count). The SMILES string of the molecule is NCC(NCC1CC1)c1ccc(Cl)c(Cl)c1. The molecule has 0 aromatic heterocycles. The summed E-state index contributed by atoms with van der Waals surface area (Å²) in [5.74, 6) is 0.844. The molecule has 0 bridgehead atoms. The minimum absolute atomic E-state index is 0.176. The summed E-state index contributed by atoms with van der Waals surface area (Å²) < 4.78 is 0. The predicted octanol–water partition coefficient (Wildman–Crippen LogP) is 2.99. The number of nitrogens with two attached hydrogens (primary N) is 1. The molecule has 1 aromatic carbocycles. The van der Waals surface area contributed by atoms with Crippen LogP contribution >= 0.6 is 23.2 Å². The van der Waals surface area contributed by atoms with E-state index in [0.717, 1.165) is 18.0 Å². The van der Waals surface area contributed by atoms with Crippen LogP contribution in [-0.2, 0) is 0 Å². The van der Waals surface area contributed by atoms with Gasteiger partial charge in [0.25, 0.3) is 0 Å². The van der Waals surface area contributed by atoms with Gasteiger partial charge in [-0.15, -0.1) is 0 Å². The molecule has 1 aliphatic rings. The summed E-state index contributed by atoms with van der Waals surface area (Å²) in [4.78, 5) is 0. The van der Waals surface area contributed by atoms with Crippen molar-refractivity contribution < 1.29 is 0 Å². The third-order valence-corrected chi connectivity index (χ3v) is 3.67. The van der Waals surface area contributed by atoms with Gasteiger partial charge in [0.15, 0.2) is 0 Å². The van der Waals surface area contributed by atoms with Crippen LogP contribution in [0.1, 0.15) is 24.4 Å². The average Bonchev–Trinajstić information content (AvgIpc) is 3.08. The normalized spacial score (nSPS) is 17.4. The van der Waals surface area contributed by atoms with Crippen LogP contribution in [0.3, 0.4) is 0 Å². The van der Waals surface area contributed by atoms with Gasteiger partial charge in [-0.1, -0.05) is 29.3 Å². The van der Waals surface area contributed by atoms with Crippen LogP contribution in [0.2, 0.25) is 10.0 Å². The van der Waals surface area contributed by atoms with E-state index >= 15 is 0 Å². The minimum Gasteiger partial charge on any atom is -0.329 e. The molecule has 0 saturated heterocycles. The Hall–Kier alpha value is -0.280. The number of benzene rings is 1. The zero-order chi connectivity index (χ0) is 11.5. The van der Waals surface area contributed by atoms with E-state index in [1.54, 1.807) is 0 Å². The zero-order valence-corrected chi connectivity index (χ0v) is 10.6. The third kappa shape index (κ3) is 3.11. The number of hydrogen-bond donors (Lipinski definition) is 2. The van der Waals surface area contributed by atoms with Crippen LogP contribution in [0.15, 0.2) is 18.2 Å². The number of hydrogen-bond acceptors (Lipinski definition) is 2. The summed E-state index contributed by atoms with van der Waals surface area (Å²) in [5, 5.41) is 4.64. The Morgan fingerprint density at radius 1 is 1.31 bits per heavy atom. The summed E-state index contributed by atoms with van der Waals surface area (Å²) in [6.45, 7) is 1.62. The van der Waals surface area contributed by atoms with E-state index in [1.807, 2.05) is 18.2 Å². The maximum atomic E-state index is 5.99. The maximum absolute atomic E-state index is 5.99. The summed E-state index contributed by atoms with van der Waals surface area (Å²) in [5.41, 5.74) is 6.87. The van der Waals surface area contributed by atoms with Crippen LogP contribution in [0, 0.1) is 5.92 Å². The first-order valence-electron chi connectivity index (χ1n) is 5.59. The van der Waals surface area contributed by atoms with Gasteiger partial charge in [0.1, 0.15) is 0 Å². The fourth-order valence-electron chi connectivity index (χ4n) is 1.70. The quantitative estimate of drug-likeness (QED) is 0.853. The topological polar surface area (TPSA) is 38.0 Å². The van der Waals surface area contributed by atoms with E-state index in [0.29, 0.717) is 16.6 Å². The smallest absolute Gasteiger partial charge is 0.0595 e. The largest absolute Gasteiger partial charge is 0.329 e. The molecule has 0 radical (unpaired) electrons. The van der Waals surface area contributed by atoms with Crippen LogP contribution in [0.5, 0.6) is 0 Å². The summed E-state index contributed by atoms with van der Waals surface area (Å²) in [7, 11) is 0. The van der Waals surface area contributed by atoms with E-state index in [1.165, 1.54) is 12.8 Å². The highest BCUT2D eigenvalue weighted by Gasteiger charge is 2.22. The Balaban J connectivity index is 2.02. The minimum atomic E-state index is 0.176. The summed E-state index contributed by atoms with van der Waals surface area (Å²) in [6, 6.07) is 5.86. The molecule has 0 spiro atoms. The highest BCUT2D eigenvalue weighted by atomic mass is 35.5. The Morgan fingerprint density at radius 2 is 2.06 bits per heavy atom. The summed E-state index contributed by atoms with van der Waals surface area (Å²) >= 11 is 11.9. The molecule has 1 fully saturated rings. The molecule has 2 nitrogen and oxygen atoms in total. The molecule has 1 unspecified atom stereocenters. The third-order valence-electron chi connectivity index (χ3n) is 2.93. The first-order chi connectivity index (χ1) is 7.70. The van der Waals surface area contributed by atoms with Crippen molar-refractivity contribution in [3.63, 3.8) is 0 Å². The van der Waals surface area contributed by atoms with Crippen LogP contribution in [0.4, 0.5) is 0 Å². The van der Waals surface area contributed by atoms with E-state index < -0.39 is 0 Å². The van der Waals surface area contributed by atoms with Crippen LogP contribution < -0.4 is 11.1 Å². The molecule has 1 saturated carbocycles. The van der Waals surface area contributed by atoms with E-state index in [2.05, 4.69) is 5.32 Å². The van der Waals surface area contributed by atoms with Gasteiger partial charge in [-0.25, -0.2) is 0 Å². The van der Waals surface area contributed by atoms with Crippen molar-refractivity contribution in [2.24, 2.45) is 11.7 Å². The van der Waals surface area contributed by atoms with Gasteiger partial charge < -0.3 is 11.1 Å². The lowest BCUT2D eigenvalue weighted by Gasteiger charge is -2.17. The highest BCUT2D eigenvalue weighted by molar-refractivity contribution is 6.42. The van der Waals surface area contributed by atoms with Gasteiger partial charge >= 0.3 is 0 Å². The number of halogens is 2. The molecule has 1 atom stereocenters. The molecule has 88 valence electrons. The molecule has 16 heavy (non-hydrogen) atoms. The Kier molecular flexibility index (Phi) is 4.09. The fraction of sp³-hybridized carbons (Fsp3) is 0.500. The highest BCUT2D eigenvalue weighted by Crippen LogP contribution is 2.29. The van der Waals surface area contributed by atoms with Crippen molar-refractivity contribution in [2.45, 2.75) is 18.9 Å². The second-order valence-corrected chi connectivity index (χ2v) is 5.13. The average molecular weight is 259 g/mol. The van der Waals surface area contributed by atoms with Crippen LogP contribution in [-0.4, -0.2) is 13.1 Å². The van der Waals surface area contributed by atoms with E-state index in [4.69, 9.17) is 28.9 Å². The predicted molar refractivity (Wildman–Crippen MR) is 69.0 cm³/mol. The molecule has 3 N–H and O–H groups in total. The molecule has 4 heteroatoms. The monoisotopic (exact) mass is 258 g/mol. The molecule has 0 amide bonds. The number of rotatable bonds is 5. The molecule has 0 aliphatic heterocycles. The van der Waals surface area contributed by atoms with E-state index in [9.17, 15) is 0 Å². The zero-order valence-electron chi connectivity index (χ0n) is 9.05. The molecule has 1 aliphatic carbocycles. The van der Waals surface area contributed by atoms with Gasteiger partial charge in [0, 0.05) is 12.6 Å². The molecular formula is C12H16Cl2N2. The van der Waals surface area contributed by atoms with Gasteiger partial charge in [0.05, 0.1) is 10.0 Å². The van der Waals surface area contributed by atoms with Crippen molar-refractivity contribution in [1.82, 2.24) is 5.32 Å². The standard InChI is InChI=1S/C12H16Cl2N2/c13-10-4-3-9(5-11(10)14)12(6-15)16-7-8-1-2-8/h3-5,8,12,16H,1-2,6-7,15H2. The lowest BCUT2D eigenvalue weighted by atomic mass is 10.1. The van der Waals surface area contributed by atoms with Gasteiger partial charge in [-0.05, 0) is 43.0 Å². The summed E-state index contributed by atoms with van der Waals surface area (Å²) in [6.07, 6.45) is 2.68. The molecule has 1 aromatic rings. The van der Waals surface area contributed by atoms with Crippen molar-refractivity contribution >= 4 is 23.2 Å². The molecule has 0 heterocycles.